The molecule has 2 aliphatic rings. The quantitative estimate of drug-likeness (QED) is 0.673. The summed E-state index contributed by atoms with van der Waals surface area (Å²) < 4.78 is 27.8. The van der Waals surface area contributed by atoms with Gasteiger partial charge in [0, 0.05) is 32.2 Å². The Balaban J connectivity index is 1.30. The summed E-state index contributed by atoms with van der Waals surface area (Å²) >= 11 is 0. The van der Waals surface area contributed by atoms with Crippen molar-refractivity contribution in [2.24, 2.45) is 5.92 Å². The fourth-order valence-corrected chi connectivity index (χ4v) is 4.86. The molecule has 1 fully saturated rings. The zero-order valence-corrected chi connectivity index (χ0v) is 19.7. The first-order valence-electron chi connectivity index (χ1n) is 11.9. The number of aryl methyl sites for hydroxylation is 2. The molecule has 0 radical (unpaired) electrons. The Kier molecular flexibility index (Phi) is 7.10. The summed E-state index contributed by atoms with van der Waals surface area (Å²) in [5.41, 5.74) is 2.39. The van der Waals surface area contributed by atoms with Gasteiger partial charge in [0.1, 0.15) is 5.82 Å². The highest BCUT2D eigenvalue weighted by Gasteiger charge is 2.25. The second-order valence-electron chi connectivity index (χ2n) is 9.53. The van der Waals surface area contributed by atoms with Crippen molar-refractivity contribution in [2.45, 2.75) is 64.3 Å². The van der Waals surface area contributed by atoms with Gasteiger partial charge in [-0.2, -0.15) is 4.98 Å². The largest absolute Gasteiger partial charge is 0.362 e. The lowest BCUT2D eigenvalue weighted by Crippen LogP contribution is -2.34. The number of aromatic nitrogens is 2. The number of halogens is 2. The first-order chi connectivity index (χ1) is 15.8. The van der Waals surface area contributed by atoms with Crippen molar-refractivity contribution >= 4 is 17.7 Å². The van der Waals surface area contributed by atoms with E-state index in [4.69, 9.17) is 9.97 Å². The number of carbonyl (C=O) groups excluding carboxylic acids is 1. The van der Waals surface area contributed by atoms with Gasteiger partial charge in [-0.05, 0) is 75.8 Å². The lowest BCUT2D eigenvalue weighted by Gasteiger charge is -2.30. The molecule has 1 saturated carbocycles. The van der Waals surface area contributed by atoms with E-state index in [0.29, 0.717) is 18.4 Å². The monoisotopic (exact) mass is 457 g/mol. The highest BCUT2D eigenvalue weighted by molar-refractivity contribution is 5.94. The molecule has 2 aliphatic carbocycles. The smallest absolute Gasteiger partial charge is 0.254 e. The lowest BCUT2D eigenvalue weighted by molar-refractivity contribution is 0.0938. The molecule has 1 aromatic carbocycles. The van der Waals surface area contributed by atoms with Crippen LogP contribution in [0, 0.1) is 24.5 Å². The number of carbonyl (C=O) groups is 1. The van der Waals surface area contributed by atoms with E-state index in [9.17, 15) is 13.6 Å². The summed E-state index contributed by atoms with van der Waals surface area (Å²) in [5.74, 6) is -0.581. The van der Waals surface area contributed by atoms with E-state index in [-0.39, 0.29) is 17.2 Å². The number of fused-ring (bicyclic) bond motifs is 1. The minimum absolute atomic E-state index is 0.190. The van der Waals surface area contributed by atoms with Crippen LogP contribution in [0.1, 0.15) is 65.7 Å². The zero-order chi connectivity index (χ0) is 23.5. The molecule has 2 aromatic rings. The maximum absolute atomic E-state index is 14.1. The van der Waals surface area contributed by atoms with Crippen LogP contribution >= 0.6 is 0 Å². The second kappa shape index (κ2) is 10.0. The van der Waals surface area contributed by atoms with E-state index >= 15 is 0 Å². The van der Waals surface area contributed by atoms with Crippen LogP contribution in [0.5, 0.6) is 0 Å². The van der Waals surface area contributed by atoms with Gasteiger partial charge in [-0.1, -0.05) is 6.07 Å². The van der Waals surface area contributed by atoms with Gasteiger partial charge in [-0.3, -0.25) is 4.79 Å². The van der Waals surface area contributed by atoms with Gasteiger partial charge in [-0.15, -0.1) is 0 Å². The van der Waals surface area contributed by atoms with Crippen LogP contribution in [0.3, 0.4) is 0 Å². The maximum atomic E-state index is 14.1. The summed E-state index contributed by atoms with van der Waals surface area (Å²) in [4.78, 5) is 24.0. The van der Waals surface area contributed by atoms with Crippen molar-refractivity contribution in [2.75, 3.05) is 30.9 Å². The van der Waals surface area contributed by atoms with Gasteiger partial charge in [-0.25, -0.2) is 13.8 Å². The van der Waals surface area contributed by atoms with Crippen molar-refractivity contribution in [3.05, 3.63) is 46.2 Å². The maximum Gasteiger partial charge on any atom is 0.254 e. The minimum Gasteiger partial charge on any atom is -0.362 e. The van der Waals surface area contributed by atoms with Gasteiger partial charge in [0.25, 0.3) is 5.91 Å². The molecule has 0 unspecified atom stereocenters. The number of hydrogen-bond donors (Lipinski definition) is 2. The molecule has 1 amide bonds. The average Bonchev–Trinajstić information content (AvgIpc) is 2.81. The number of rotatable bonds is 6. The molecule has 0 saturated heterocycles. The Bertz CT molecular complexity index is 1020. The van der Waals surface area contributed by atoms with Crippen LogP contribution in [0.15, 0.2) is 12.1 Å². The van der Waals surface area contributed by atoms with E-state index in [1.165, 1.54) is 43.2 Å². The molecule has 0 bridgehead atoms. The number of amides is 1. The molecule has 1 heterocycles. The van der Waals surface area contributed by atoms with Gasteiger partial charge in [0.05, 0.1) is 11.3 Å². The summed E-state index contributed by atoms with van der Waals surface area (Å²) in [6, 6.07) is 3.05. The van der Waals surface area contributed by atoms with Crippen LogP contribution in [0.2, 0.25) is 0 Å². The van der Waals surface area contributed by atoms with Crippen molar-refractivity contribution in [3.8, 4) is 0 Å². The second-order valence-corrected chi connectivity index (χ2v) is 9.53. The van der Waals surface area contributed by atoms with E-state index in [2.05, 4.69) is 15.5 Å². The fraction of sp³-hybridized carbons (Fsp3) is 0.560. The van der Waals surface area contributed by atoms with Crippen LogP contribution in [0.4, 0.5) is 20.5 Å². The predicted octanol–water partition coefficient (Wildman–Crippen LogP) is 4.41. The summed E-state index contributed by atoms with van der Waals surface area (Å²) in [5, 5.41) is 6.31. The number of hydrogen-bond acceptors (Lipinski definition) is 5. The van der Waals surface area contributed by atoms with Gasteiger partial charge in [0.15, 0.2) is 11.6 Å². The first kappa shape index (κ1) is 23.4. The molecule has 2 N–H and O–H groups in total. The Hall–Kier alpha value is -2.77. The third kappa shape index (κ3) is 5.25. The molecule has 4 rings (SSSR count). The standard InChI is InChI=1S/C25H33F2N5O/c1-15-8-13-19(22(27)21(15)26)24(33)28-14-16-9-11-17(12-10-16)29-25-30-20-7-5-4-6-18(20)23(31-25)32(2)3/h8,13,16-17H,4-7,9-12,14H2,1-3H3,(H,28,33)(H,29,30,31)/t16-,17+. The SMILES string of the molecule is Cc1ccc(C(=O)NC[C@H]2CC[C@@H](Nc3nc4c(c(N(C)C)n3)CCCC4)CC2)c(F)c1F. The number of benzene rings is 1. The molecule has 0 spiro atoms. The molecule has 6 nitrogen and oxygen atoms in total. The molecular formula is C25H33F2N5O. The van der Waals surface area contributed by atoms with Crippen LogP contribution in [0.25, 0.3) is 0 Å². The average molecular weight is 458 g/mol. The summed E-state index contributed by atoms with van der Waals surface area (Å²) in [6.45, 7) is 1.93. The topological polar surface area (TPSA) is 70.2 Å². The van der Waals surface area contributed by atoms with Crippen molar-refractivity contribution in [3.63, 3.8) is 0 Å². The van der Waals surface area contributed by atoms with E-state index in [1.54, 1.807) is 0 Å². The Morgan fingerprint density at radius 1 is 1.06 bits per heavy atom. The fourth-order valence-electron chi connectivity index (χ4n) is 4.86. The van der Waals surface area contributed by atoms with E-state index in [1.807, 2.05) is 14.1 Å². The normalized spacial score (nSPS) is 20.2. The highest BCUT2D eigenvalue weighted by Crippen LogP contribution is 2.30. The Morgan fingerprint density at radius 2 is 1.79 bits per heavy atom. The number of nitrogens with one attached hydrogen (secondary N) is 2. The lowest BCUT2D eigenvalue weighted by atomic mass is 9.86. The van der Waals surface area contributed by atoms with Crippen molar-refractivity contribution in [1.29, 1.82) is 0 Å². The molecule has 1 aromatic heterocycles. The third-order valence-electron chi connectivity index (χ3n) is 6.84. The molecule has 178 valence electrons. The van der Waals surface area contributed by atoms with E-state index < -0.39 is 17.5 Å². The van der Waals surface area contributed by atoms with Crippen molar-refractivity contribution in [1.82, 2.24) is 15.3 Å². The molecule has 8 heteroatoms. The Morgan fingerprint density at radius 3 is 2.52 bits per heavy atom. The van der Waals surface area contributed by atoms with Crippen LogP contribution < -0.4 is 15.5 Å². The number of anilines is 2. The minimum atomic E-state index is -1.08. The summed E-state index contributed by atoms with van der Waals surface area (Å²) in [6.07, 6.45) is 8.19. The zero-order valence-electron chi connectivity index (χ0n) is 19.7. The van der Waals surface area contributed by atoms with Crippen LogP contribution in [-0.4, -0.2) is 42.6 Å². The van der Waals surface area contributed by atoms with Gasteiger partial charge < -0.3 is 15.5 Å². The summed E-state index contributed by atoms with van der Waals surface area (Å²) in [7, 11) is 4.05. The Labute approximate surface area is 194 Å². The van der Waals surface area contributed by atoms with Crippen LogP contribution in [-0.2, 0) is 12.8 Å². The molecule has 0 aliphatic heterocycles. The molecular weight excluding hydrogens is 424 g/mol. The van der Waals surface area contributed by atoms with Crippen molar-refractivity contribution < 1.29 is 13.6 Å². The predicted molar refractivity (Wildman–Crippen MR) is 126 cm³/mol. The molecule has 0 atom stereocenters. The first-order valence-corrected chi connectivity index (χ1v) is 11.9. The van der Waals surface area contributed by atoms with E-state index in [0.717, 1.165) is 44.3 Å². The number of nitrogens with zero attached hydrogens (tertiary/aromatic N) is 3. The van der Waals surface area contributed by atoms with Gasteiger partial charge >= 0.3 is 0 Å². The van der Waals surface area contributed by atoms with Gasteiger partial charge in [0.2, 0.25) is 5.95 Å². The third-order valence-corrected chi connectivity index (χ3v) is 6.84. The molecule has 33 heavy (non-hydrogen) atoms. The highest BCUT2D eigenvalue weighted by atomic mass is 19.2.